The molecule has 32 heavy (non-hydrogen) atoms. The van der Waals surface area contributed by atoms with Crippen molar-refractivity contribution >= 4 is 38.3 Å². The predicted octanol–water partition coefficient (Wildman–Crippen LogP) is 4.14. The highest BCUT2D eigenvalue weighted by Gasteiger charge is 2.17. The third kappa shape index (κ3) is 4.75. The molecule has 0 aliphatic carbocycles. The van der Waals surface area contributed by atoms with E-state index in [1.54, 1.807) is 6.33 Å². The van der Waals surface area contributed by atoms with E-state index in [0.717, 1.165) is 23.2 Å². The van der Waals surface area contributed by atoms with E-state index in [-0.39, 0.29) is 18.0 Å². The number of aromatic nitrogens is 2. The first kappa shape index (κ1) is 21.4. The van der Waals surface area contributed by atoms with Gasteiger partial charge in [-0.2, -0.15) is 0 Å². The Morgan fingerprint density at radius 1 is 0.938 bits per heavy atom. The monoisotopic (exact) mass is 456 g/mol. The van der Waals surface area contributed by atoms with Crippen LogP contribution in [0.1, 0.15) is 6.42 Å². The van der Waals surface area contributed by atoms with Crippen LogP contribution in [0.5, 0.6) is 0 Å². The Balaban J connectivity index is 1.36. The van der Waals surface area contributed by atoms with Crippen LogP contribution in [-0.4, -0.2) is 23.9 Å². The van der Waals surface area contributed by atoms with Crippen molar-refractivity contribution in [2.45, 2.75) is 17.9 Å². The minimum Gasteiger partial charge on any atom is -0.330 e. The number of aryl methyl sites for hydroxylation is 1. The summed E-state index contributed by atoms with van der Waals surface area (Å²) in [7, 11) is -4.09. The summed E-state index contributed by atoms with van der Waals surface area (Å²) in [6, 6.07) is 15.9. The van der Waals surface area contributed by atoms with Gasteiger partial charge in [0.05, 0.1) is 22.3 Å². The highest BCUT2D eigenvalue weighted by atomic mass is 32.2. The zero-order valence-corrected chi connectivity index (χ0v) is 17.4. The molecule has 1 heterocycles. The van der Waals surface area contributed by atoms with Crippen LogP contribution in [0.2, 0.25) is 0 Å². The Morgan fingerprint density at radius 2 is 1.66 bits per heavy atom. The van der Waals surface area contributed by atoms with E-state index in [4.69, 9.17) is 0 Å². The lowest BCUT2D eigenvalue weighted by Crippen LogP contribution is -2.15. The van der Waals surface area contributed by atoms with Crippen LogP contribution in [0.15, 0.2) is 78.0 Å². The molecule has 0 aliphatic heterocycles. The van der Waals surface area contributed by atoms with E-state index in [1.807, 2.05) is 28.8 Å². The van der Waals surface area contributed by atoms with Gasteiger partial charge in [-0.1, -0.05) is 12.1 Å². The van der Waals surface area contributed by atoms with E-state index in [1.165, 1.54) is 24.3 Å². The minimum absolute atomic E-state index is 0.206. The molecule has 0 aliphatic rings. The Bertz CT molecular complexity index is 1390. The van der Waals surface area contributed by atoms with Crippen LogP contribution in [0.25, 0.3) is 11.0 Å². The minimum atomic E-state index is -4.09. The molecule has 0 atom stereocenters. The lowest BCUT2D eigenvalue weighted by atomic mass is 10.2. The predicted molar refractivity (Wildman–Crippen MR) is 117 cm³/mol. The number of hydrogen-bond acceptors (Lipinski definition) is 4. The number of carbonyl (C=O) groups is 1. The van der Waals surface area contributed by atoms with Crippen molar-refractivity contribution in [1.29, 1.82) is 0 Å². The fourth-order valence-corrected chi connectivity index (χ4v) is 4.18. The highest BCUT2D eigenvalue weighted by molar-refractivity contribution is 7.92. The second-order valence-corrected chi connectivity index (χ2v) is 8.67. The first-order chi connectivity index (χ1) is 15.3. The van der Waals surface area contributed by atoms with E-state index in [9.17, 15) is 22.0 Å². The van der Waals surface area contributed by atoms with Gasteiger partial charge < -0.3 is 9.88 Å². The number of para-hydroxylation sites is 2. The number of hydrogen-bond donors (Lipinski definition) is 2. The number of amides is 1. The molecule has 0 spiro atoms. The van der Waals surface area contributed by atoms with Gasteiger partial charge in [-0.05, 0) is 54.6 Å². The number of imidazole rings is 1. The summed E-state index contributed by atoms with van der Waals surface area (Å²) in [6.45, 7) is 0.457. The van der Waals surface area contributed by atoms with Crippen molar-refractivity contribution in [2.75, 3.05) is 10.0 Å². The zero-order valence-electron chi connectivity index (χ0n) is 16.6. The van der Waals surface area contributed by atoms with E-state index < -0.39 is 26.6 Å². The lowest BCUT2D eigenvalue weighted by Gasteiger charge is -2.10. The summed E-state index contributed by atoms with van der Waals surface area (Å²) in [6.07, 6.45) is 1.91. The molecule has 164 valence electrons. The second-order valence-electron chi connectivity index (χ2n) is 6.98. The summed E-state index contributed by atoms with van der Waals surface area (Å²) in [5.74, 6) is -2.60. The smallest absolute Gasteiger partial charge is 0.261 e. The number of halogens is 2. The molecule has 4 rings (SSSR count). The Labute approximate surface area is 182 Å². The third-order valence-electron chi connectivity index (χ3n) is 4.73. The quantitative estimate of drug-likeness (QED) is 0.437. The summed E-state index contributed by atoms with van der Waals surface area (Å²) in [4.78, 5) is 16.2. The molecule has 7 nitrogen and oxygen atoms in total. The molecule has 1 amide bonds. The fraction of sp³-hybridized carbons (Fsp3) is 0.0909. The maximum absolute atomic E-state index is 13.3. The normalized spacial score (nSPS) is 11.4. The maximum Gasteiger partial charge on any atom is 0.261 e. The van der Waals surface area contributed by atoms with Crippen molar-refractivity contribution in [1.82, 2.24) is 9.55 Å². The molecule has 2 N–H and O–H groups in total. The Hall–Kier alpha value is -3.79. The number of sulfonamides is 1. The molecule has 4 aromatic rings. The van der Waals surface area contributed by atoms with Gasteiger partial charge in [0.25, 0.3) is 10.0 Å². The van der Waals surface area contributed by atoms with Gasteiger partial charge in [0.15, 0.2) is 11.6 Å². The number of anilines is 2. The van der Waals surface area contributed by atoms with Gasteiger partial charge in [0, 0.05) is 24.3 Å². The number of nitrogens with zero attached hydrogens (tertiary/aromatic N) is 2. The number of carbonyl (C=O) groups excluding carboxylic acids is 1. The van der Waals surface area contributed by atoms with Crippen LogP contribution in [0, 0.1) is 11.6 Å². The molecule has 0 bridgehead atoms. The standard InChI is InChI=1S/C22H18F2N4O3S/c23-18-10-9-17(13-19(18)24)32(30,31)27-16-7-5-15(6-8-16)26-22(29)11-12-28-14-25-20-3-1-2-4-21(20)28/h1-10,13-14,27H,11-12H2,(H,26,29). The largest absolute Gasteiger partial charge is 0.330 e. The van der Waals surface area contributed by atoms with Gasteiger partial charge in [-0.25, -0.2) is 22.2 Å². The summed E-state index contributed by atoms with van der Waals surface area (Å²) >= 11 is 0. The average Bonchev–Trinajstić information content (AvgIpc) is 3.18. The van der Waals surface area contributed by atoms with Crippen molar-refractivity contribution in [2.24, 2.45) is 0 Å². The van der Waals surface area contributed by atoms with Gasteiger partial charge in [0.1, 0.15) is 0 Å². The van der Waals surface area contributed by atoms with Crippen LogP contribution in [-0.2, 0) is 21.4 Å². The molecular formula is C22H18F2N4O3S. The number of benzene rings is 3. The van der Waals surface area contributed by atoms with Gasteiger partial charge >= 0.3 is 0 Å². The molecule has 0 saturated carbocycles. The average molecular weight is 456 g/mol. The zero-order chi connectivity index (χ0) is 22.7. The number of rotatable bonds is 7. The van der Waals surface area contributed by atoms with Gasteiger partial charge in [0.2, 0.25) is 5.91 Å². The summed E-state index contributed by atoms with van der Waals surface area (Å²) in [5, 5.41) is 2.75. The van der Waals surface area contributed by atoms with Crippen molar-refractivity contribution in [3.63, 3.8) is 0 Å². The first-order valence-corrected chi connectivity index (χ1v) is 11.1. The number of fused-ring (bicyclic) bond motifs is 1. The maximum atomic E-state index is 13.3. The van der Waals surface area contributed by atoms with Crippen LogP contribution >= 0.6 is 0 Å². The third-order valence-corrected chi connectivity index (χ3v) is 6.11. The van der Waals surface area contributed by atoms with Gasteiger partial charge in [-0.3, -0.25) is 9.52 Å². The topological polar surface area (TPSA) is 93.1 Å². The molecular weight excluding hydrogens is 438 g/mol. The second kappa shape index (κ2) is 8.75. The molecule has 1 aromatic heterocycles. The Morgan fingerprint density at radius 3 is 2.41 bits per heavy atom. The molecule has 0 radical (unpaired) electrons. The first-order valence-electron chi connectivity index (χ1n) is 9.59. The van der Waals surface area contributed by atoms with Crippen molar-refractivity contribution in [3.05, 3.63) is 84.7 Å². The molecule has 10 heteroatoms. The fourth-order valence-electron chi connectivity index (χ4n) is 3.11. The van der Waals surface area contributed by atoms with E-state index in [2.05, 4.69) is 15.0 Å². The van der Waals surface area contributed by atoms with E-state index in [0.29, 0.717) is 18.3 Å². The SMILES string of the molecule is O=C(CCn1cnc2ccccc21)Nc1ccc(NS(=O)(=O)c2ccc(F)c(F)c2)cc1. The Kier molecular flexibility index (Phi) is 5.87. The lowest BCUT2D eigenvalue weighted by molar-refractivity contribution is -0.116. The highest BCUT2D eigenvalue weighted by Crippen LogP contribution is 2.20. The summed E-state index contributed by atoms with van der Waals surface area (Å²) < 4.78 is 55.2. The molecule has 0 fully saturated rings. The van der Waals surface area contributed by atoms with Crippen LogP contribution in [0.4, 0.5) is 20.2 Å². The summed E-state index contributed by atoms with van der Waals surface area (Å²) in [5.41, 5.74) is 2.49. The van der Waals surface area contributed by atoms with Crippen LogP contribution in [0.3, 0.4) is 0 Å². The molecule has 0 saturated heterocycles. The van der Waals surface area contributed by atoms with Gasteiger partial charge in [-0.15, -0.1) is 0 Å². The van der Waals surface area contributed by atoms with E-state index >= 15 is 0 Å². The van der Waals surface area contributed by atoms with Crippen LogP contribution < -0.4 is 10.0 Å². The number of nitrogens with one attached hydrogen (secondary N) is 2. The van der Waals surface area contributed by atoms with Crippen molar-refractivity contribution < 1.29 is 22.0 Å². The molecule has 0 unspecified atom stereocenters. The van der Waals surface area contributed by atoms with Crippen molar-refractivity contribution in [3.8, 4) is 0 Å². The molecule has 3 aromatic carbocycles.